The zero-order chi connectivity index (χ0) is 9.90. The quantitative estimate of drug-likeness (QED) is 0.494. The molecule has 0 bridgehead atoms. The second-order valence-electron chi connectivity index (χ2n) is 3.23. The first kappa shape index (κ1) is 10.8. The molecule has 0 fully saturated rings. The number of hydrogen-bond donors (Lipinski definition) is 0. The second-order valence-corrected chi connectivity index (χ2v) is 3.23. The first-order valence-electron chi connectivity index (χ1n) is 5.28. The van der Waals surface area contributed by atoms with Crippen molar-refractivity contribution in [2.45, 2.75) is 25.7 Å². The molecule has 14 heavy (non-hydrogen) atoms. The first-order valence-corrected chi connectivity index (χ1v) is 5.28. The second kappa shape index (κ2) is 8.31. The van der Waals surface area contributed by atoms with Gasteiger partial charge in [0.2, 0.25) is 0 Å². The molecule has 0 N–H and O–H groups in total. The Labute approximate surface area is 87.0 Å². The van der Waals surface area contributed by atoms with Gasteiger partial charge in [0, 0.05) is 0 Å². The third kappa shape index (κ3) is 6.24. The van der Waals surface area contributed by atoms with Crippen LogP contribution in [0.15, 0.2) is 60.8 Å². The van der Waals surface area contributed by atoms with Crippen LogP contribution in [0.3, 0.4) is 0 Å². The highest BCUT2D eigenvalue weighted by Gasteiger charge is 1.77. The van der Waals surface area contributed by atoms with E-state index in [4.69, 9.17) is 0 Å². The average Bonchev–Trinajstić information content (AvgIpc) is 2.22. The summed E-state index contributed by atoms with van der Waals surface area (Å²) in [5.74, 6) is 0. The predicted octanol–water partition coefficient (Wildman–Crippen LogP) is 4.34. The van der Waals surface area contributed by atoms with Crippen molar-refractivity contribution in [3.63, 3.8) is 0 Å². The molecule has 0 aromatic carbocycles. The maximum Gasteiger partial charge on any atom is -0.0166 e. The summed E-state index contributed by atoms with van der Waals surface area (Å²) < 4.78 is 0. The van der Waals surface area contributed by atoms with E-state index in [1.807, 2.05) is 0 Å². The molecule has 0 unspecified atom stereocenters. The molecule has 0 aliphatic heterocycles. The monoisotopic (exact) mass is 186 g/mol. The molecule has 74 valence electrons. The summed E-state index contributed by atoms with van der Waals surface area (Å²) >= 11 is 0. The third-order valence-corrected chi connectivity index (χ3v) is 1.98. The largest absolute Gasteiger partial charge is 0.0879 e. The maximum absolute atomic E-state index is 2.25. The van der Waals surface area contributed by atoms with Crippen LogP contribution >= 0.6 is 0 Å². The van der Waals surface area contributed by atoms with Gasteiger partial charge in [-0.15, -0.1) is 0 Å². The molecule has 1 aliphatic carbocycles. The van der Waals surface area contributed by atoms with Crippen molar-refractivity contribution < 1.29 is 0 Å². The van der Waals surface area contributed by atoms with Crippen molar-refractivity contribution in [3.8, 4) is 0 Å². The Morgan fingerprint density at radius 2 is 0.929 bits per heavy atom. The molecule has 1 aliphatic rings. The minimum Gasteiger partial charge on any atom is -0.0879 e. The fourth-order valence-corrected chi connectivity index (χ4v) is 1.22. The Kier molecular flexibility index (Phi) is 6.39. The highest BCUT2D eigenvalue weighted by molar-refractivity contribution is 5.13. The summed E-state index contributed by atoms with van der Waals surface area (Å²) in [5, 5.41) is 0. The summed E-state index contributed by atoms with van der Waals surface area (Å²) in [4.78, 5) is 0. The Morgan fingerprint density at radius 1 is 0.429 bits per heavy atom. The Morgan fingerprint density at radius 3 is 1.43 bits per heavy atom. The molecule has 0 saturated carbocycles. The van der Waals surface area contributed by atoms with Crippen molar-refractivity contribution in [1.82, 2.24) is 0 Å². The van der Waals surface area contributed by atoms with Crippen LogP contribution in [0.2, 0.25) is 0 Å². The maximum atomic E-state index is 2.25. The summed E-state index contributed by atoms with van der Waals surface area (Å²) in [7, 11) is 0. The van der Waals surface area contributed by atoms with Crippen LogP contribution in [0.5, 0.6) is 0 Å². The Hall–Kier alpha value is -1.30. The highest BCUT2D eigenvalue weighted by Crippen LogP contribution is 1.98. The van der Waals surface area contributed by atoms with E-state index in [0.717, 1.165) is 25.7 Å². The van der Waals surface area contributed by atoms with Crippen LogP contribution in [0.25, 0.3) is 0 Å². The molecule has 0 nitrogen and oxygen atoms in total. The average molecular weight is 186 g/mol. The SMILES string of the molecule is C1=CC=CCC=CCCC=CCC=C1. The Bertz CT molecular complexity index is 234. The summed E-state index contributed by atoms with van der Waals surface area (Å²) in [5.41, 5.74) is 0. The van der Waals surface area contributed by atoms with Gasteiger partial charge in [-0.2, -0.15) is 0 Å². The van der Waals surface area contributed by atoms with Crippen LogP contribution in [-0.2, 0) is 0 Å². The number of rotatable bonds is 0. The minimum absolute atomic E-state index is 1.04. The van der Waals surface area contributed by atoms with E-state index in [-0.39, 0.29) is 0 Å². The van der Waals surface area contributed by atoms with E-state index >= 15 is 0 Å². The molecule has 0 heteroatoms. The van der Waals surface area contributed by atoms with Crippen molar-refractivity contribution in [1.29, 1.82) is 0 Å². The number of allylic oxidation sites excluding steroid dienone is 10. The smallest absolute Gasteiger partial charge is 0.0166 e. The van der Waals surface area contributed by atoms with Gasteiger partial charge in [0.05, 0.1) is 0 Å². The molecule has 0 amide bonds. The summed E-state index contributed by atoms with van der Waals surface area (Å²) in [6.07, 6.45) is 26.0. The third-order valence-electron chi connectivity index (χ3n) is 1.98. The minimum atomic E-state index is 1.04. The van der Waals surface area contributed by atoms with E-state index in [0.29, 0.717) is 0 Å². The zero-order valence-electron chi connectivity index (χ0n) is 8.60. The van der Waals surface area contributed by atoms with Gasteiger partial charge >= 0.3 is 0 Å². The molecule has 0 heterocycles. The molecule has 0 spiro atoms. The molecule has 1 rings (SSSR count). The van der Waals surface area contributed by atoms with Crippen molar-refractivity contribution in [3.05, 3.63) is 60.8 Å². The number of hydrogen-bond acceptors (Lipinski definition) is 0. The lowest BCUT2D eigenvalue weighted by Crippen LogP contribution is -1.67. The zero-order valence-corrected chi connectivity index (χ0v) is 8.60. The van der Waals surface area contributed by atoms with Crippen LogP contribution < -0.4 is 0 Å². The van der Waals surface area contributed by atoms with Gasteiger partial charge in [0.1, 0.15) is 0 Å². The van der Waals surface area contributed by atoms with Crippen molar-refractivity contribution >= 4 is 0 Å². The normalized spacial score (nSPS) is 18.3. The standard InChI is InChI=1S/C14H18/c1-2-4-6-8-10-12-14-13-11-9-7-5-3-1/h1-6,9-12H,7-8,13-14H2. The van der Waals surface area contributed by atoms with E-state index in [2.05, 4.69) is 60.8 Å². The first-order chi connectivity index (χ1) is 7.00. The van der Waals surface area contributed by atoms with Gasteiger partial charge in [-0.25, -0.2) is 0 Å². The highest BCUT2D eigenvalue weighted by atomic mass is 13.8. The summed E-state index contributed by atoms with van der Waals surface area (Å²) in [6.45, 7) is 0. The Balaban J connectivity index is 2.45. The van der Waals surface area contributed by atoms with Gasteiger partial charge < -0.3 is 0 Å². The van der Waals surface area contributed by atoms with Crippen LogP contribution in [0.4, 0.5) is 0 Å². The molecular formula is C14H18. The summed E-state index contributed by atoms with van der Waals surface area (Å²) in [6, 6.07) is 0. The lowest BCUT2D eigenvalue weighted by atomic mass is 10.2. The van der Waals surface area contributed by atoms with Crippen LogP contribution in [0, 0.1) is 0 Å². The lowest BCUT2D eigenvalue weighted by molar-refractivity contribution is 1.04. The molecule has 0 saturated heterocycles. The molecule has 0 atom stereocenters. The van der Waals surface area contributed by atoms with Gasteiger partial charge in [-0.1, -0.05) is 60.8 Å². The van der Waals surface area contributed by atoms with Crippen LogP contribution in [-0.4, -0.2) is 0 Å². The van der Waals surface area contributed by atoms with Gasteiger partial charge in [-0.3, -0.25) is 0 Å². The van der Waals surface area contributed by atoms with E-state index in [1.165, 1.54) is 0 Å². The fraction of sp³-hybridized carbons (Fsp3) is 0.286. The van der Waals surface area contributed by atoms with Crippen molar-refractivity contribution in [2.24, 2.45) is 0 Å². The van der Waals surface area contributed by atoms with Crippen LogP contribution in [0.1, 0.15) is 25.7 Å². The van der Waals surface area contributed by atoms with Crippen molar-refractivity contribution in [2.75, 3.05) is 0 Å². The topological polar surface area (TPSA) is 0 Å². The lowest BCUT2D eigenvalue weighted by Gasteiger charge is -1.87. The molecule has 0 radical (unpaired) electrons. The van der Waals surface area contributed by atoms with Gasteiger partial charge in [0.25, 0.3) is 0 Å². The van der Waals surface area contributed by atoms with Gasteiger partial charge in [-0.05, 0) is 25.7 Å². The van der Waals surface area contributed by atoms with E-state index in [9.17, 15) is 0 Å². The fourth-order valence-electron chi connectivity index (χ4n) is 1.22. The molecular weight excluding hydrogens is 168 g/mol. The molecule has 0 aromatic heterocycles. The van der Waals surface area contributed by atoms with Gasteiger partial charge in [0.15, 0.2) is 0 Å². The molecule has 0 aromatic rings. The van der Waals surface area contributed by atoms with E-state index in [1.54, 1.807) is 0 Å². The van der Waals surface area contributed by atoms with E-state index < -0.39 is 0 Å². The predicted molar refractivity (Wildman–Crippen MR) is 64.2 cm³/mol.